The lowest BCUT2D eigenvalue weighted by Crippen LogP contribution is -2.24. The van der Waals surface area contributed by atoms with Crippen molar-refractivity contribution in [3.05, 3.63) is 29.3 Å². The Balaban J connectivity index is 3.03. The van der Waals surface area contributed by atoms with E-state index in [2.05, 4.69) is 0 Å². The van der Waals surface area contributed by atoms with Crippen LogP contribution in [0.15, 0.2) is 18.2 Å². The molecule has 0 spiro atoms. The van der Waals surface area contributed by atoms with E-state index in [0.29, 0.717) is 25.4 Å². The van der Waals surface area contributed by atoms with Gasteiger partial charge < -0.3 is 15.4 Å². The van der Waals surface area contributed by atoms with Crippen LogP contribution in [0.3, 0.4) is 0 Å². The highest BCUT2D eigenvalue weighted by Crippen LogP contribution is 2.34. The van der Waals surface area contributed by atoms with Crippen LogP contribution in [-0.2, 0) is 10.9 Å². The molecule has 0 aliphatic rings. The van der Waals surface area contributed by atoms with E-state index in [1.165, 1.54) is 12.1 Å². The summed E-state index contributed by atoms with van der Waals surface area (Å²) in [5, 5.41) is 7.21. The first-order chi connectivity index (χ1) is 9.27. The molecule has 7 heteroatoms. The number of nitrogens with one attached hydrogen (secondary N) is 1. The summed E-state index contributed by atoms with van der Waals surface area (Å²) < 4.78 is 44.1. The normalized spacial score (nSPS) is 11.4. The molecular formula is C13H18F3N3O. The highest BCUT2D eigenvalue weighted by Gasteiger charge is 2.34. The lowest BCUT2D eigenvalue weighted by atomic mass is 10.0. The van der Waals surface area contributed by atoms with E-state index in [1.807, 2.05) is 6.92 Å². The Labute approximate surface area is 115 Å². The van der Waals surface area contributed by atoms with Gasteiger partial charge in [0, 0.05) is 31.5 Å². The van der Waals surface area contributed by atoms with Gasteiger partial charge in [-0.05, 0) is 25.1 Å². The second-order valence-corrected chi connectivity index (χ2v) is 4.26. The van der Waals surface area contributed by atoms with Crippen molar-refractivity contribution in [1.82, 2.24) is 0 Å². The van der Waals surface area contributed by atoms with Crippen molar-refractivity contribution in [3.63, 3.8) is 0 Å². The minimum absolute atomic E-state index is 0.306. The largest absolute Gasteiger partial charge is 0.417 e. The smallest absolute Gasteiger partial charge is 0.384 e. The second-order valence-electron chi connectivity index (χ2n) is 4.26. The van der Waals surface area contributed by atoms with Crippen LogP contribution in [0.1, 0.15) is 18.1 Å². The molecule has 1 aromatic rings. The molecule has 0 unspecified atom stereocenters. The summed E-state index contributed by atoms with van der Waals surface area (Å²) in [7, 11) is 1.68. The first-order valence-electron chi connectivity index (χ1n) is 6.12. The molecule has 0 radical (unpaired) electrons. The van der Waals surface area contributed by atoms with Gasteiger partial charge >= 0.3 is 6.18 Å². The number of hydrogen-bond acceptors (Lipinski definition) is 3. The van der Waals surface area contributed by atoms with Crippen LogP contribution in [-0.4, -0.2) is 32.6 Å². The van der Waals surface area contributed by atoms with Crippen LogP contribution in [0, 0.1) is 5.41 Å². The number of amidine groups is 1. The Hall–Kier alpha value is -1.76. The molecule has 112 valence electrons. The summed E-state index contributed by atoms with van der Waals surface area (Å²) in [6.07, 6.45) is -4.54. The third-order valence-electron chi connectivity index (χ3n) is 2.81. The molecule has 0 fully saturated rings. The second kappa shape index (κ2) is 6.60. The van der Waals surface area contributed by atoms with Gasteiger partial charge in [-0.2, -0.15) is 13.2 Å². The van der Waals surface area contributed by atoms with E-state index < -0.39 is 17.6 Å². The average molecular weight is 289 g/mol. The predicted octanol–water partition coefficient (Wildman–Crippen LogP) is 2.46. The summed E-state index contributed by atoms with van der Waals surface area (Å²) in [6.45, 7) is 3.32. The van der Waals surface area contributed by atoms with Gasteiger partial charge in [-0.1, -0.05) is 0 Å². The number of likely N-dealkylation sites (N-methyl/N-ethyl adjacent to an activating group) is 1. The number of nitrogens with zero attached hydrogens (tertiary/aromatic N) is 1. The van der Waals surface area contributed by atoms with Crippen LogP contribution >= 0.6 is 0 Å². The number of halogens is 3. The number of anilines is 1. The molecule has 3 N–H and O–H groups in total. The Kier molecular flexibility index (Phi) is 5.38. The molecule has 0 heterocycles. The van der Waals surface area contributed by atoms with Gasteiger partial charge in [0.05, 0.1) is 12.2 Å². The number of benzene rings is 1. The Morgan fingerprint density at radius 1 is 1.40 bits per heavy atom. The van der Waals surface area contributed by atoms with E-state index in [-0.39, 0.29) is 5.56 Å². The monoisotopic (exact) mass is 289 g/mol. The van der Waals surface area contributed by atoms with Crippen molar-refractivity contribution in [2.45, 2.75) is 13.1 Å². The molecule has 4 nitrogen and oxygen atoms in total. The molecule has 20 heavy (non-hydrogen) atoms. The minimum atomic E-state index is -4.54. The van der Waals surface area contributed by atoms with E-state index in [4.69, 9.17) is 15.9 Å². The van der Waals surface area contributed by atoms with E-state index in [9.17, 15) is 13.2 Å². The summed E-state index contributed by atoms with van der Waals surface area (Å²) in [5.41, 5.74) is 4.39. The Morgan fingerprint density at radius 2 is 2.05 bits per heavy atom. The third kappa shape index (κ3) is 4.12. The lowest BCUT2D eigenvalue weighted by Gasteiger charge is -2.21. The van der Waals surface area contributed by atoms with Gasteiger partial charge in [0.15, 0.2) is 0 Å². The number of rotatable bonds is 6. The van der Waals surface area contributed by atoms with E-state index in [0.717, 1.165) is 6.07 Å². The highest BCUT2D eigenvalue weighted by molar-refractivity contribution is 5.97. The standard InChI is InChI=1S/C13H18F3N3O/c1-3-20-7-6-19(2)9-4-5-10(12(17)18)11(8-9)13(14,15)16/h4-5,8H,3,6-7H2,1-2H3,(H3,17,18). The Morgan fingerprint density at radius 3 is 2.55 bits per heavy atom. The minimum Gasteiger partial charge on any atom is -0.384 e. The molecule has 0 atom stereocenters. The molecule has 0 aliphatic carbocycles. The van der Waals surface area contributed by atoms with Crippen molar-refractivity contribution >= 4 is 11.5 Å². The third-order valence-corrected chi connectivity index (χ3v) is 2.81. The highest BCUT2D eigenvalue weighted by atomic mass is 19.4. The molecule has 0 bridgehead atoms. The summed E-state index contributed by atoms with van der Waals surface area (Å²) in [6, 6.07) is 3.73. The van der Waals surface area contributed by atoms with Crippen molar-refractivity contribution < 1.29 is 17.9 Å². The predicted molar refractivity (Wildman–Crippen MR) is 72.2 cm³/mol. The van der Waals surface area contributed by atoms with Gasteiger partial charge in [-0.3, -0.25) is 5.41 Å². The van der Waals surface area contributed by atoms with Crippen molar-refractivity contribution in [1.29, 1.82) is 5.41 Å². The van der Waals surface area contributed by atoms with Gasteiger partial charge in [-0.25, -0.2) is 0 Å². The average Bonchev–Trinajstić information content (AvgIpc) is 2.37. The van der Waals surface area contributed by atoms with E-state index >= 15 is 0 Å². The Bertz CT molecular complexity index is 474. The first-order valence-corrected chi connectivity index (χ1v) is 6.12. The molecule has 0 amide bonds. The summed E-state index contributed by atoms with van der Waals surface area (Å²) in [4.78, 5) is 1.66. The number of ether oxygens (including phenoxy) is 1. The fourth-order valence-corrected chi connectivity index (χ4v) is 1.71. The molecular weight excluding hydrogens is 271 g/mol. The van der Waals surface area contributed by atoms with Crippen molar-refractivity contribution in [2.75, 3.05) is 31.7 Å². The van der Waals surface area contributed by atoms with Gasteiger partial charge in [0.2, 0.25) is 0 Å². The zero-order valence-corrected chi connectivity index (χ0v) is 11.4. The molecule has 1 rings (SSSR count). The molecule has 0 aromatic heterocycles. The van der Waals surface area contributed by atoms with Crippen LogP contribution in [0.5, 0.6) is 0 Å². The number of nitrogen functional groups attached to an aromatic ring is 1. The number of alkyl halides is 3. The number of nitrogens with two attached hydrogens (primary N) is 1. The molecule has 0 saturated heterocycles. The first kappa shape index (κ1) is 16.3. The lowest BCUT2D eigenvalue weighted by molar-refractivity contribution is -0.137. The van der Waals surface area contributed by atoms with Gasteiger partial charge in [0.25, 0.3) is 0 Å². The van der Waals surface area contributed by atoms with E-state index in [1.54, 1.807) is 11.9 Å². The molecule has 0 saturated carbocycles. The van der Waals surface area contributed by atoms with Crippen LogP contribution in [0.25, 0.3) is 0 Å². The maximum Gasteiger partial charge on any atom is 0.417 e. The maximum absolute atomic E-state index is 13.0. The zero-order valence-electron chi connectivity index (χ0n) is 11.4. The summed E-state index contributed by atoms with van der Waals surface area (Å²) in [5.74, 6) is -0.596. The maximum atomic E-state index is 13.0. The fraction of sp³-hybridized carbons (Fsp3) is 0.462. The SMILES string of the molecule is CCOCCN(C)c1ccc(C(=N)N)c(C(F)(F)F)c1. The fourth-order valence-electron chi connectivity index (χ4n) is 1.71. The zero-order chi connectivity index (χ0) is 15.3. The number of hydrogen-bond donors (Lipinski definition) is 2. The van der Waals surface area contributed by atoms with Crippen molar-refractivity contribution in [2.24, 2.45) is 5.73 Å². The molecule has 1 aromatic carbocycles. The quantitative estimate of drug-likeness (QED) is 0.480. The van der Waals surface area contributed by atoms with Crippen LogP contribution in [0.2, 0.25) is 0 Å². The topological polar surface area (TPSA) is 62.3 Å². The van der Waals surface area contributed by atoms with Crippen molar-refractivity contribution in [3.8, 4) is 0 Å². The molecule has 0 aliphatic heterocycles. The van der Waals surface area contributed by atoms with Crippen LogP contribution in [0.4, 0.5) is 18.9 Å². The summed E-state index contributed by atoms with van der Waals surface area (Å²) >= 11 is 0. The van der Waals surface area contributed by atoms with Gasteiger partial charge in [-0.15, -0.1) is 0 Å². The van der Waals surface area contributed by atoms with Crippen LogP contribution < -0.4 is 10.6 Å². The van der Waals surface area contributed by atoms with Gasteiger partial charge in [0.1, 0.15) is 5.84 Å².